The highest BCUT2D eigenvalue weighted by atomic mass is 79.9. The standard InChI is InChI=1S/C29H22Br2N4O2/c30-18-10-12-22-24(16-18)34-28(32-22)20-6-1-3-8-26(20)36-14-5-15-37-27-9-4-2-7-21(27)29-33-23-13-11-19(31)17-25(23)35-29/h1-4,6-13,16-17H,5,14-15H2,(H,32,34)(H,33,35). The van der Waals surface area contributed by atoms with E-state index in [0.29, 0.717) is 13.2 Å². The third-order valence-corrected chi connectivity index (χ3v) is 6.96. The second-order valence-corrected chi connectivity index (χ2v) is 10.4. The fourth-order valence-electron chi connectivity index (χ4n) is 4.22. The van der Waals surface area contributed by atoms with Crippen molar-refractivity contribution in [1.82, 2.24) is 19.9 Å². The molecule has 6 nitrogen and oxygen atoms in total. The summed E-state index contributed by atoms with van der Waals surface area (Å²) in [5, 5.41) is 0. The normalized spacial score (nSPS) is 11.3. The van der Waals surface area contributed by atoms with Crippen molar-refractivity contribution in [2.24, 2.45) is 0 Å². The van der Waals surface area contributed by atoms with Gasteiger partial charge in [-0.15, -0.1) is 0 Å². The Kier molecular flexibility index (Phi) is 6.68. The van der Waals surface area contributed by atoms with E-state index in [1.165, 1.54) is 0 Å². The molecule has 0 amide bonds. The number of hydrogen-bond donors (Lipinski definition) is 2. The number of nitrogens with one attached hydrogen (secondary N) is 2. The summed E-state index contributed by atoms with van der Waals surface area (Å²) < 4.78 is 14.3. The Labute approximate surface area is 230 Å². The summed E-state index contributed by atoms with van der Waals surface area (Å²) in [5.41, 5.74) is 5.64. The predicted octanol–water partition coefficient (Wildman–Crippen LogP) is 8.15. The van der Waals surface area contributed by atoms with E-state index in [2.05, 4.69) is 41.8 Å². The third-order valence-electron chi connectivity index (χ3n) is 5.98. The molecule has 0 atom stereocenters. The maximum absolute atomic E-state index is 6.14. The van der Waals surface area contributed by atoms with Crippen LogP contribution in [0.5, 0.6) is 11.5 Å². The highest BCUT2D eigenvalue weighted by Crippen LogP contribution is 2.32. The molecule has 0 saturated heterocycles. The largest absolute Gasteiger partial charge is 0.493 e. The van der Waals surface area contributed by atoms with E-state index >= 15 is 0 Å². The quantitative estimate of drug-likeness (QED) is 0.169. The van der Waals surface area contributed by atoms with Gasteiger partial charge in [-0.1, -0.05) is 56.1 Å². The maximum atomic E-state index is 6.14. The number of hydrogen-bond acceptors (Lipinski definition) is 4. The summed E-state index contributed by atoms with van der Waals surface area (Å²) >= 11 is 7.03. The van der Waals surface area contributed by atoms with Gasteiger partial charge in [0.25, 0.3) is 0 Å². The monoisotopic (exact) mass is 616 g/mol. The van der Waals surface area contributed by atoms with Gasteiger partial charge < -0.3 is 19.4 Å². The number of fused-ring (bicyclic) bond motifs is 2. The summed E-state index contributed by atoms with van der Waals surface area (Å²) in [5.74, 6) is 3.14. The zero-order chi connectivity index (χ0) is 25.2. The number of imidazole rings is 2. The number of rotatable bonds is 8. The van der Waals surface area contributed by atoms with E-state index in [0.717, 1.165) is 71.7 Å². The number of ether oxygens (including phenoxy) is 2. The predicted molar refractivity (Wildman–Crippen MR) is 154 cm³/mol. The Balaban J connectivity index is 1.11. The topological polar surface area (TPSA) is 75.8 Å². The molecule has 0 unspecified atom stereocenters. The minimum atomic E-state index is 0.517. The van der Waals surface area contributed by atoms with E-state index in [1.54, 1.807) is 0 Å². The van der Waals surface area contributed by atoms with Crippen LogP contribution in [-0.4, -0.2) is 33.1 Å². The molecular weight excluding hydrogens is 596 g/mol. The first kappa shape index (κ1) is 23.8. The van der Waals surface area contributed by atoms with E-state index in [4.69, 9.17) is 19.4 Å². The number of nitrogens with zero attached hydrogens (tertiary/aromatic N) is 2. The van der Waals surface area contributed by atoms with E-state index < -0.39 is 0 Å². The van der Waals surface area contributed by atoms with Crippen LogP contribution in [0.1, 0.15) is 6.42 Å². The van der Waals surface area contributed by atoms with Gasteiger partial charge in [0.15, 0.2) is 0 Å². The van der Waals surface area contributed by atoms with Crippen molar-refractivity contribution in [3.63, 3.8) is 0 Å². The molecule has 0 saturated carbocycles. The van der Waals surface area contributed by atoms with Crippen molar-refractivity contribution in [3.05, 3.63) is 93.9 Å². The Hall–Kier alpha value is -3.62. The molecule has 0 aliphatic carbocycles. The maximum Gasteiger partial charge on any atom is 0.142 e. The first-order chi connectivity index (χ1) is 18.1. The van der Waals surface area contributed by atoms with Crippen molar-refractivity contribution in [2.45, 2.75) is 6.42 Å². The van der Waals surface area contributed by atoms with Gasteiger partial charge in [-0.05, 0) is 60.7 Å². The lowest BCUT2D eigenvalue weighted by molar-refractivity contribution is 0.248. The van der Waals surface area contributed by atoms with Crippen molar-refractivity contribution in [2.75, 3.05) is 13.2 Å². The number of aromatic nitrogens is 4. The molecule has 6 aromatic rings. The molecule has 0 fully saturated rings. The molecule has 4 aromatic carbocycles. The lowest BCUT2D eigenvalue weighted by Crippen LogP contribution is -2.06. The molecule has 184 valence electrons. The first-order valence-corrected chi connectivity index (χ1v) is 13.5. The smallest absolute Gasteiger partial charge is 0.142 e. The molecule has 2 N–H and O–H groups in total. The van der Waals surface area contributed by atoms with Crippen LogP contribution in [0.2, 0.25) is 0 Å². The first-order valence-electron chi connectivity index (χ1n) is 11.9. The second kappa shape index (κ2) is 10.4. The third kappa shape index (κ3) is 5.12. The average molecular weight is 618 g/mol. The minimum absolute atomic E-state index is 0.517. The van der Waals surface area contributed by atoms with Crippen LogP contribution in [0.25, 0.3) is 44.8 Å². The Morgan fingerprint density at radius 1 is 0.595 bits per heavy atom. The van der Waals surface area contributed by atoms with Crippen LogP contribution in [0.15, 0.2) is 93.9 Å². The van der Waals surface area contributed by atoms with Gasteiger partial charge in [0.1, 0.15) is 23.1 Å². The fourth-order valence-corrected chi connectivity index (χ4v) is 4.94. The zero-order valence-corrected chi connectivity index (χ0v) is 22.8. The summed E-state index contributed by atoms with van der Waals surface area (Å²) in [6.45, 7) is 1.03. The van der Waals surface area contributed by atoms with E-state index in [1.807, 2.05) is 84.9 Å². The molecule has 0 aliphatic heterocycles. The van der Waals surface area contributed by atoms with Gasteiger partial charge in [0.2, 0.25) is 0 Å². The highest BCUT2D eigenvalue weighted by Gasteiger charge is 2.13. The van der Waals surface area contributed by atoms with Crippen molar-refractivity contribution in [3.8, 4) is 34.3 Å². The van der Waals surface area contributed by atoms with E-state index in [9.17, 15) is 0 Å². The average Bonchev–Trinajstić information content (AvgIpc) is 3.52. The van der Waals surface area contributed by atoms with Crippen molar-refractivity contribution >= 4 is 53.9 Å². The van der Waals surface area contributed by atoms with Crippen LogP contribution >= 0.6 is 31.9 Å². The van der Waals surface area contributed by atoms with Gasteiger partial charge in [-0.25, -0.2) is 9.97 Å². The SMILES string of the molecule is Brc1ccc2nc(-c3ccccc3OCCCOc3ccccc3-c3nc4ccc(Br)cc4[nH]3)[nH]c2c1. The molecule has 6 rings (SSSR count). The highest BCUT2D eigenvalue weighted by molar-refractivity contribution is 9.10. The molecular formula is C29H22Br2N4O2. The summed E-state index contributed by atoms with van der Waals surface area (Å²) in [6.07, 6.45) is 0.725. The molecule has 0 aliphatic rings. The van der Waals surface area contributed by atoms with Gasteiger partial charge in [0, 0.05) is 15.4 Å². The lowest BCUT2D eigenvalue weighted by atomic mass is 10.2. The Morgan fingerprint density at radius 2 is 1.05 bits per heavy atom. The van der Waals surface area contributed by atoms with Crippen LogP contribution < -0.4 is 9.47 Å². The molecule has 8 heteroatoms. The molecule has 2 heterocycles. The van der Waals surface area contributed by atoms with Crippen LogP contribution in [-0.2, 0) is 0 Å². The van der Waals surface area contributed by atoms with Crippen LogP contribution in [0.4, 0.5) is 0 Å². The van der Waals surface area contributed by atoms with Crippen LogP contribution in [0.3, 0.4) is 0 Å². The molecule has 0 spiro atoms. The molecule has 2 aromatic heterocycles. The van der Waals surface area contributed by atoms with Crippen LogP contribution in [0, 0.1) is 0 Å². The molecule has 37 heavy (non-hydrogen) atoms. The molecule has 0 radical (unpaired) electrons. The van der Waals surface area contributed by atoms with E-state index in [-0.39, 0.29) is 0 Å². The number of aromatic amines is 2. The lowest BCUT2D eigenvalue weighted by Gasteiger charge is -2.12. The number of para-hydroxylation sites is 2. The number of benzene rings is 4. The molecule has 0 bridgehead atoms. The Morgan fingerprint density at radius 3 is 1.54 bits per heavy atom. The zero-order valence-electron chi connectivity index (χ0n) is 19.7. The van der Waals surface area contributed by atoms with Crippen molar-refractivity contribution in [1.29, 1.82) is 0 Å². The van der Waals surface area contributed by atoms with Gasteiger partial charge in [-0.3, -0.25) is 0 Å². The van der Waals surface area contributed by atoms with Crippen molar-refractivity contribution < 1.29 is 9.47 Å². The van der Waals surface area contributed by atoms with Gasteiger partial charge >= 0.3 is 0 Å². The minimum Gasteiger partial charge on any atom is -0.493 e. The summed E-state index contributed by atoms with van der Waals surface area (Å²) in [4.78, 5) is 16.3. The summed E-state index contributed by atoms with van der Waals surface area (Å²) in [6, 6.07) is 27.9. The Bertz CT molecular complexity index is 1580. The fraction of sp³-hybridized carbons (Fsp3) is 0.103. The number of H-pyrrole nitrogens is 2. The van der Waals surface area contributed by atoms with Gasteiger partial charge in [0.05, 0.1) is 46.4 Å². The number of halogens is 2. The second-order valence-electron chi connectivity index (χ2n) is 8.54. The summed E-state index contributed by atoms with van der Waals surface area (Å²) in [7, 11) is 0. The van der Waals surface area contributed by atoms with Gasteiger partial charge in [-0.2, -0.15) is 0 Å².